The molecule has 0 aromatic heterocycles. The molecule has 0 saturated carbocycles. The summed E-state index contributed by atoms with van der Waals surface area (Å²) in [5, 5.41) is 10.9. The monoisotopic (exact) mass is 395 g/mol. The summed E-state index contributed by atoms with van der Waals surface area (Å²) in [5.41, 5.74) is 1.12. The smallest absolute Gasteiger partial charge is 0.284 e. The van der Waals surface area contributed by atoms with Crippen LogP contribution < -0.4 is 4.90 Å². The van der Waals surface area contributed by atoms with Gasteiger partial charge in [0.15, 0.2) is 5.84 Å². The Morgan fingerprint density at radius 2 is 1.43 bits per heavy atom. The van der Waals surface area contributed by atoms with Gasteiger partial charge in [0.25, 0.3) is 15.7 Å². The minimum absolute atomic E-state index is 0.0488. The molecule has 3 aromatic carbocycles. The molecule has 0 aliphatic heterocycles. The van der Waals surface area contributed by atoms with E-state index in [1.54, 1.807) is 66.5 Å². The third-order valence-electron chi connectivity index (χ3n) is 4.05. The molecule has 0 amide bonds. The molecule has 7 nitrogen and oxygen atoms in total. The molecule has 0 saturated heterocycles. The third kappa shape index (κ3) is 4.24. The molecule has 0 atom stereocenters. The molecule has 0 radical (unpaired) electrons. The lowest BCUT2D eigenvalue weighted by Crippen LogP contribution is -2.28. The minimum atomic E-state index is -3.94. The van der Waals surface area contributed by atoms with E-state index >= 15 is 0 Å². The van der Waals surface area contributed by atoms with Crippen LogP contribution in [0.25, 0.3) is 0 Å². The molecule has 0 aliphatic rings. The van der Waals surface area contributed by atoms with E-state index in [-0.39, 0.29) is 16.4 Å². The van der Waals surface area contributed by atoms with Crippen LogP contribution in [-0.2, 0) is 10.0 Å². The lowest BCUT2D eigenvalue weighted by molar-refractivity contribution is -0.384. The average Bonchev–Trinajstić information content (AvgIpc) is 2.73. The number of hydrogen-bond acceptors (Lipinski definition) is 4. The maximum Gasteiger partial charge on any atom is 0.284 e. The summed E-state index contributed by atoms with van der Waals surface area (Å²) in [4.78, 5) is 12.0. The summed E-state index contributed by atoms with van der Waals surface area (Å²) in [6.45, 7) is 0. The van der Waals surface area contributed by atoms with Crippen molar-refractivity contribution in [2.75, 3.05) is 11.9 Å². The topological polar surface area (TPSA) is 92.9 Å². The van der Waals surface area contributed by atoms with Crippen LogP contribution in [-0.4, -0.2) is 26.2 Å². The van der Waals surface area contributed by atoms with Gasteiger partial charge in [-0.2, -0.15) is 8.42 Å². The van der Waals surface area contributed by atoms with E-state index < -0.39 is 14.9 Å². The van der Waals surface area contributed by atoms with Crippen LogP contribution in [0, 0.1) is 10.1 Å². The molecular weight excluding hydrogens is 378 g/mol. The normalized spacial score (nSPS) is 11.8. The highest BCUT2D eigenvalue weighted by Gasteiger charge is 2.19. The van der Waals surface area contributed by atoms with Gasteiger partial charge >= 0.3 is 0 Å². The van der Waals surface area contributed by atoms with Gasteiger partial charge in [0.2, 0.25) is 0 Å². The zero-order chi connectivity index (χ0) is 20.1. The van der Waals surface area contributed by atoms with Crippen LogP contribution in [0.3, 0.4) is 0 Å². The van der Waals surface area contributed by atoms with Gasteiger partial charge in [-0.15, -0.1) is 4.40 Å². The summed E-state index contributed by atoms with van der Waals surface area (Å²) < 4.78 is 29.6. The van der Waals surface area contributed by atoms with E-state index in [1.165, 1.54) is 24.3 Å². The molecule has 0 aliphatic carbocycles. The van der Waals surface area contributed by atoms with Gasteiger partial charge in [0.1, 0.15) is 0 Å². The number of sulfonamides is 1. The third-order valence-corrected chi connectivity index (χ3v) is 5.33. The Morgan fingerprint density at radius 3 is 1.96 bits per heavy atom. The van der Waals surface area contributed by atoms with Gasteiger partial charge in [-0.1, -0.05) is 48.5 Å². The summed E-state index contributed by atoms with van der Waals surface area (Å²) in [6.07, 6.45) is 0. The van der Waals surface area contributed by atoms with Crippen molar-refractivity contribution >= 4 is 27.2 Å². The Bertz CT molecular complexity index is 1100. The molecule has 0 N–H and O–H groups in total. The molecule has 3 rings (SSSR count). The Labute approximate surface area is 162 Å². The highest BCUT2D eigenvalue weighted by Crippen LogP contribution is 2.22. The van der Waals surface area contributed by atoms with Gasteiger partial charge in [-0.05, 0) is 24.3 Å². The first-order valence-corrected chi connectivity index (χ1v) is 9.76. The average molecular weight is 395 g/mol. The number of anilines is 1. The quantitative estimate of drug-likeness (QED) is 0.283. The van der Waals surface area contributed by atoms with Crippen molar-refractivity contribution in [3.8, 4) is 0 Å². The summed E-state index contributed by atoms with van der Waals surface area (Å²) in [6, 6.07) is 22.6. The lowest BCUT2D eigenvalue weighted by Gasteiger charge is -2.21. The van der Waals surface area contributed by atoms with Gasteiger partial charge in [0, 0.05) is 30.4 Å². The van der Waals surface area contributed by atoms with Crippen LogP contribution in [0.15, 0.2) is 94.2 Å². The highest BCUT2D eigenvalue weighted by molar-refractivity contribution is 7.90. The molecule has 0 bridgehead atoms. The van der Waals surface area contributed by atoms with E-state index in [2.05, 4.69) is 4.40 Å². The Kier molecular flexibility index (Phi) is 5.51. The van der Waals surface area contributed by atoms with E-state index in [4.69, 9.17) is 0 Å². The molecule has 0 unspecified atom stereocenters. The van der Waals surface area contributed by atoms with Crippen molar-refractivity contribution in [3.05, 3.63) is 101 Å². The fourth-order valence-corrected chi connectivity index (χ4v) is 3.64. The predicted molar refractivity (Wildman–Crippen MR) is 108 cm³/mol. The van der Waals surface area contributed by atoms with E-state index in [0.29, 0.717) is 11.3 Å². The Hall–Kier alpha value is -3.52. The number of benzene rings is 3. The lowest BCUT2D eigenvalue weighted by atomic mass is 10.2. The van der Waals surface area contributed by atoms with Crippen LogP contribution in [0.1, 0.15) is 5.56 Å². The van der Waals surface area contributed by atoms with Crippen LogP contribution in [0.5, 0.6) is 0 Å². The van der Waals surface area contributed by atoms with Crippen LogP contribution in [0.4, 0.5) is 11.4 Å². The number of nitro groups is 1. The molecule has 3 aromatic rings. The maximum absolute atomic E-state index is 12.8. The fourth-order valence-electron chi connectivity index (χ4n) is 2.57. The molecular formula is C20H17N3O4S. The minimum Gasteiger partial charge on any atom is -0.328 e. The predicted octanol–water partition coefficient (Wildman–Crippen LogP) is 3.87. The summed E-state index contributed by atoms with van der Waals surface area (Å²) >= 11 is 0. The largest absolute Gasteiger partial charge is 0.328 e. The number of amidine groups is 1. The second-order valence-corrected chi connectivity index (χ2v) is 7.51. The maximum atomic E-state index is 12.8. The standard InChI is InChI=1S/C20H17N3O4S/c1-22(17-12-14-18(15-13-17)23(24)25)20(16-8-4-2-5-9-16)21-28(26,27)19-10-6-3-7-11-19/h2-15H,1H3. The first-order valence-electron chi connectivity index (χ1n) is 8.32. The molecule has 142 valence electrons. The van der Waals surface area contributed by atoms with Crippen molar-refractivity contribution in [1.82, 2.24) is 0 Å². The Morgan fingerprint density at radius 1 is 0.893 bits per heavy atom. The van der Waals surface area contributed by atoms with Crippen molar-refractivity contribution in [3.63, 3.8) is 0 Å². The van der Waals surface area contributed by atoms with Crippen LogP contribution in [0.2, 0.25) is 0 Å². The second kappa shape index (κ2) is 8.01. The van der Waals surface area contributed by atoms with Crippen molar-refractivity contribution in [2.45, 2.75) is 4.90 Å². The molecule has 0 spiro atoms. The SMILES string of the molecule is CN(C(=NS(=O)(=O)c1ccccc1)c1ccccc1)c1ccc([N+](=O)[O-])cc1. The van der Waals surface area contributed by atoms with Gasteiger partial charge in [-0.25, -0.2) is 0 Å². The highest BCUT2D eigenvalue weighted by atomic mass is 32.2. The van der Waals surface area contributed by atoms with Gasteiger partial charge < -0.3 is 4.90 Å². The first-order chi connectivity index (χ1) is 13.4. The summed E-state index contributed by atoms with van der Waals surface area (Å²) in [5.74, 6) is 0.207. The number of rotatable bonds is 5. The van der Waals surface area contributed by atoms with Crippen LogP contribution >= 0.6 is 0 Å². The van der Waals surface area contributed by atoms with E-state index in [1.807, 2.05) is 6.07 Å². The number of nitrogens with zero attached hydrogens (tertiary/aromatic N) is 3. The van der Waals surface area contributed by atoms with E-state index in [0.717, 1.165) is 0 Å². The second-order valence-electron chi connectivity index (χ2n) is 5.90. The molecule has 28 heavy (non-hydrogen) atoms. The van der Waals surface area contributed by atoms with E-state index in [9.17, 15) is 18.5 Å². The zero-order valence-corrected chi connectivity index (χ0v) is 15.8. The van der Waals surface area contributed by atoms with Crippen molar-refractivity contribution in [1.29, 1.82) is 0 Å². The summed E-state index contributed by atoms with van der Waals surface area (Å²) in [7, 11) is -2.28. The number of hydrogen-bond donors (Lipinski definition) is 0. The van der Waals surface area contributed by atoms with Gasteiger partial charge in [0.05, 0.1) is 9.82 Å². The first kappa shape index (κ1) is 19.2. The Balaban J connectivity index is 2.09. The molecule has 0 heterocycles. The van der Waals surface area contributed by atoms with Gasteiger partial charge in [-0.3, -0.25) is 10.1 Å². The molecule has 0 fully saturated rings. The molecule has 8 heteroatoms. The fraction of sp³-hybridized carbons (Fsp3) is 0.0500. The zero-order valence-electron chi connectivity index (χ0n) is 15.0. The number of nitro benzene ring substituents is 1. The van der Waals surface area contributed by atoms with Crippen molar-refractivity contribution in [2.24, 2.45) is 4.40 Å². The van der Waals surface area contributed by atoms with Crippen molar-refractivity contribution < 1.29 is 13.3 Å². The number of non-ortho nitro benzene ring substituents is 1.